The van der Waals surface area contributed by atoms with Gasteiger partial charge in [-0.2, -0.15) is 0 Å². The number of benzene rings is 1. The van der Waals surface area contributed by atoms with Crippen molar-refractivity contribution >= 4 is 33.3 Å². The van der Waals surface area contributed by atoms with Crippen molar-refractivity contribution in [3.63, 3.8) is 0 Å². The highest BCUT2D eigenvalue weighted by Crippen LogP contribution is 2.24. The second kappa shape index (κ2) is 8.78. The number of nitrogens with one attached hydrogen (secondary N) is 2. The summed E-state index contributed by atoms with van der Waals surface area (Å²) in [5.74, 6) is -1.38. The highest BCUT2D eigenvalue weighted by atomic mass is 32.2. The van der Waals surface area contributed by atoms with Gasteiger partial charge in [0, 0.05) is 30.1 Å². The first-order chi connectivity index (χ1) is 12.7. The molecule has 1 aromatic rings. The van der Waals surface area contributed by atoms with E-state index in [0.29, 0.717) is 36.2 Å². The quantitative estimate of drug-likeness (QED) is 0.561. The zero-order valence-electron chi connectivity index (χ0n) is 14.8. The van der Waals surface area contributed by atoms with Crippen molar-refractivity contribution in [3.8, 4) is 0 Å². The Balaban J connectivity index is 2.24. The van der Waals surface area contributed by atoms with Gasteiger partial charge in [0.05, 0.1) is 10.9 Å². The summed E-state index contributed by atoms with van der Waals surface area (Å²) in [4.78, 5) is 25.9. The Morgan fingerprint density at radius 2 is 2.15 bits per heavy atom. The third-order valence-electron chi connectivity index (χ3n) is 3.96. The minimum absolute atomic E-state index is 0.000260. The van der Waals surface area contributed by atoms with Gasteiger partial charge >= 0.3 is 5.97 Å². The fraction of sp³-hybridized carbons (Fsp3) is 0.353. The van der Waals surface area contributed by atoms with Gasteiger partial charge < -0.3 is 16.2 Å². The first kappa shape index (κ1) is 20.6. The monoisotopic (exact) mass is 394 g/mol. The van der Waals surface area contributed by atoms with E-state index in [1.54, 1.807) is 6.07 Å². The molecule has 1 saturated carbocycles. The summed E-state index contributed by atoms with van der Waals surface area (Å²) in [5, 5.41) is 11.3. The second-order valence-corrected chi connectivity index (χ2v) is 7.77. The number of anilines is 1. The average molecular weight is 394 g/mol. The number of carbonyl (C=O) groups excluding carboxylic acids is 1. The van der Waals surface area contributed by atoms with E-state index in [4.69, 9.17) is 10.8 Å². The molecule has 1 atom stereocenters. The summed E-state index contributed by atoms with van der Waals surface area (Å²) in [6.45, 7) is 0.933. The second-order valence-electron chi connectivity index (χ2n) is 6.05. The van der Waals surface area contributed by atoms with E-state index in [1.807, 2.05) is 0 Å². The van der Waals surface area contributed by atoms with Crippen molar-refractivity contribution in [2.24, 2.45) is 10.7 Å². The maximum absolute atomic E-state index is 12.7. The van der Waals surface area contributed by atoms with Crippen molar-refractivity contribution < 1.29 is 23.1 Å². The van der Waals surface area contributed by atoms with Crippen LogP contribution in [-0.2, 0) is 19.6 Å². The number of rotatable bonds is 6. The van der Waals surface area contributed by atoms with Crippen LogP contribution in [-0.4, -0.2) is 43.7 Å². The molecule has 1 aliphatic rings. The van der Waals surface area contributed by atoms with Crippen LogP contribution >= 0.6 is 0 Å². The summed E-state index contributed by atoms with van der Waals surface area (Å²) in [5.41, 5.74) is 6.99. The number of nitrogens with two attached hydrogens (primary N) is 1. The molecular formula is C17H22N4O5S. The van der Waals surface area contributed by atoms with Gasteiger partial charge in [0.2, 0.25) is 15.9 Å². The minimum Gasteiger partial charge on any atom is -0.480 e. The molecule has 0 saturated heterocycles. The van der Waals surface area contributed by atoms with Crippen LogP contribution in [0.15, 0.2) is 45.9 Å². The number of carbonyl (C=O) groups is 2. The number of sulfonamides is 1. The molecule has 1 aromatic carbocycles. The Morgan fingerprint density at radius 1 is 1.41 bits per heavy atom. The van der Waals surface area contributed by atoms with Crippen LogP contribution in [0.25, 0.3) is 0 Å². The molecule has 9 nitrogen and oxygen atoms in total. The lowest BCUT2D eigenvalue weighted by Crippen LogP contribution is -2.41. The Bertz CT molecular complexity index is 892. The fourth-order valence-electron chi connectivity index (χ4n) is 2.84. The van der Waals surface area contributed by atoms with Crippen molar-refractivity contribution in [2.45, 2.75) is 37.1 Å². The van der Waals surface area contributed by atoms with Gasteiger partial charge in [-0.25, -0.2) is 13.1 Å². The lowest BCUT2D eigenvalue weighted by molar-refractivity contribution is -0.135. The van der Waals surface area contributed by atoms with Crippen LogP contribution < -0.4 is 15.8 Å². The van der Waals surface area contributed by atoms with Crippen molar-refractivity contribution in [1.29, 1.82) is 0 Å². The first-order valence-electron chi connectivity index (χ1n) is 8.30. The molecule has 10 heteroatoms. The molecule has 146 valence electrons. The molecule has 1 aliphatic carbocycles. The van der Waals surface area contributed by atoms with Gasteiger partial charge in [0.25, 0.3) is 0 Å². The van der Waals surface area contributed by atoms with Gasteiger partial charge in [-0.3, -0.25) is 14.6 Å². The number of aliphatic carboxylic acids is 1. The maximum Gasteiger partial charge on any atom is 0.325 e. The Kier molecular flexibility index (Phi) is 6.70. The predicted molar refractivity (Wildman–Crippen MR) is 101 cm³/mol. The van der Waals surface area contributed by atoms with Gasteiger partial charge in [-0.1, -0.05) is 6.07 Å². The molecule has 27 heavy (non-hydrogen) atoms. The highest BCUT2D eigenvalue weighted by molar-refractivity contribution is 7.89. The van der Waals surface area contributed by atoms with Gasteiger partial charge in [-0.15, -0.1) is 0 Å². The van der Waals surface area contributed by atoms with E-state index >= 15 is 0 Å². The smallest absolute Gasteiger partial charge is 0.325 e. The van der Waals surface area contributed by atoms with Crippen LogP contribution in [0.5, 0.6) is 0 Å². The summed E-state index contributed by atoms with van der Waals surface area (Å²) < 4.78 is 28.1. The van der Waals surface area contributed by atoms with Crippen LogP contribution in [0.3, 0.4) is 0 Å². The van der Waals surface area contributed by atoms with E-state index in [2.05, 4.69) is 15.0 Å². The molecule has 2 rings (SSSR count). The minimum atomic E-state index is -3.88. The van der Waals surface area contributed by atoms with Crippen molar-refractivity contribution in [2.75, 3.05) is 11.9 Å². The zero-order chi connectivity index (χ0) is 20.0. The average Bonchev–Trinajstić information content (AvgIpc) is 2.59. The van der Waals surface area contributed by atoms with Gasteiger partial charge in [-0.05, 0) is 37.5 Å². The number of aliphatic imine (C=N–C) groups is 1. The standard InChI is InChI=1S/C17H22N4O5S/c1-11(22)20-12-4-2-5-13(8-12)27(25,26)21-16-7-3-6-15(14(16)9-18)19-10-17(23)24/h2,4-5,8-9,16,21H,3,6-7,10,18H2,1H3,(H,20,22)(H,23,24). The number of hydrogen-bond donors (Lipinski definition) is 4. The van der Waals surface area contributed by atoms with Gasteiger partial charge in [0.1, 0.15) is 6.54 Å². The van der Waals surface area contributed by atoms with Crippen LogP contribution in [0.2, 0.25) is 0 Å². The summed E-state index contributed by atoms with van der Waals surface area (Å²) in [6.07, 6.45) is 2.96. The summed E-state index contributed by atoms with van der Waals surface area (Å²) in [7, 11) is -3.88. The molecule has 0 aliphatic heterocycles. The SMILES string of the molecule is CC(=O)Nc1cccc(S(=O)(=O)NC2CCCC(=NCC(=O)O)C2=CN)c1. The van der Waals surface area contributed by atoms with Crippen molar-refractivity contribution in [3.05, 3.63) is 36.0 Å². The number of nitrogens with zero attached hydrogens (tertiary/aromatic N) is 1. The van der Waals surface area contributed by atoms with Crippen LogP contribution in [0.1, 0.15) is 26.2 Å². The molecule has 0 bridgehead atoms. The van der Waals surface area contributed by atoms with Crippen molar-refractivity contribution in [1.82, 2.24) is 4.72 Å². The molecule has 1 fully saturated rings. The van der Waals surface area contributed by atoms with Crippen LogP contribution in [0.4, 0.5) is 5.69 Å². The Hall–Kier alpha value is -2.72. The normalized spacial score (nSPS) is 20.6. The largest absolute Gasteiger partial charge is 0.480 e. The molecule has 1 amide bonds. The topological polar surface area (TPSA) is 151 Å². The van der Waals surface area contributed by atoms with E-state index in [1.165, 1.54) is 31.3 Å². The van der Waals surface area contributed by atoms with Gasteiger partial charge in [0.15, 0.2) is 0 Å². The number of carboxylic acids is 1. The molecule has 5 N–H and O–H groups in total. The zero-order valence-corrected chi connectivity index (χ0v) is 15.6. The number of amides is 1. The third kappa shape index (κ3) is 5.63. The van der Waals surface area contributed by atoms with E-state index in [-0.39, 0.29) is 10.8 Å². The Morgan fingerprint density at radius 3 is 2.78 bits per heavy atom. The Labute approximate surface area is 157 Å². The fourth-order valence-corrected chi connectivity index (χ4v) is 4.14. The number of carboxylic acid groups (broad SMARTS) is 1. The van der Waals surface area contributed by atoms with E-state index < -0.39 is 28.6 Å². The molecule has 0 spiro atoms. The van der Waals surface area contributed by atoms with Crippen LogP contribution in [0, 0.1) is 0 Å². The summed E-state index contributed by atoms with van der Waals surface area (Å²) in [6, 6.07) is 5.29. The lowest BCUT2D eigenvalue weighted by atomic mass is 9.89. The predicted octanol–water partition coefficient (Wildman–Crippen LogP) is 0.844. The third-order valence-corrected chi connectivity index (χ3v) is 5.43. The molecular weight excluding hydrogens is 372 g/mol. The molecule has 0 aromatic heterocycles. The lowest BCUT2D eigenvalue weighted by Gasteiger charge is -2.27. The molecule has 1 unspecified atom stereocenters. The highest BCUT2D eigenvalue weighted by Gasteiger charge is 2.28. The molecule has 0 heterocycles. The number of hydrogen-bond acceptors (Lipinski definition) is 6. The first-order valence-corrected chi connectivity index (χ1v) is 9.78. The maximum atomic E-state index is 12.7. The molecule has 0 radical (unpaired) electrons. The summed E-state index contributed by atoms with van der Waals surface area (Å²) >= 11 is 0. The van der Waals surface area contributed by atoms with E-state index in [9.17, 15) is 18.0 Å². The van der Waals surface area contributed by atoms with E-state index in [0.717, 1.165) is 0 Å².